The van der Waals surface area contributed by atoms with Crippen molar-refractivity contribution in [2.45, 2.75) is 104 Å². The van der Waals surface area contributed by atoms with Crippen molar-refractivity contribution in [3.05, 3.63) is 0 Å². The molecule has 0 rings (SSSR count). The Morgan fingerprint density at radius 1 is 0.895 bits per heavy atom. The Labute approximate surface area is 127 Å². The van der Waals surface area contributed by atoms with E-state index in [1.54, 1.807) is 0 Å². The lowest BCUT2D eigenvalue weighted by Crippen LogP contribution is -2.20. The first kappa shape index (κ1) is 19.4. The van der Waals surface area contributed by atoms with Crippen molar-refractivity contribution in [1.82, 2.24) is 0 Å². The molecule has 116 valence electrons. The van der Waals surface area contributed by atoms with Crippen molar-refractivity contribution in [2.75, 3.05) is 5.75 Å². The van der Waals surface area contributed by atoms with Crippen LogP contribution in [-0.4, -0.2) is 10.5 Å². The Morgan fingerprint density at radius 2 is 1.53 bits per heavy atom. The van der Waals surface area contributed by atoms with Crippen molar-refractivity contribution in [2.24, 2.45) is 5.92 Å². The Balaban J connectivity index is 3.81. The number of hydrogen-bond donors (Lipinski definition) is 0. The van der Waals surface area contributed by atoms with E-state index >= 15 is 0 Å². The second-order valence-electron chi connectivity index (χ2n) is 6.53. The van der Waals surface area contributed by atoms with Crippen molar-refractivity contribution >= 4 is 11.8 Å². The van der Waals surface area contributed by atoms with Crippen LogP contribution in [0.25, 0.3) is 0 Å². The molecule has 0 aliphatic rings. The first-order valence-corrected chi connectivity index (χ1v) is 9.70. The van der Waals surface area contributed by atoms with Gasteiger partial charge in [-0.25, -0.2) is 0 Å². The molecule has 1 heteroatoms. The summed E-state index contributed by atoms with van der Waals surface area (Å²) in [6, 6.07) is 0. The third-order valence-corrected chi connectivity index (χ3v) is 6.25. The van der Waals surface area contributed by atoms with E-state index in [9.17, 15) is 0 Å². The zero-order valence-corrected chi connectivity index (χ0v) is 15.1. The van der Waals surface area contributed by atoms with Crippen LogP contribution in [0.15, 0.2) is 0 Å². The number of rotatable bonds is 13. The van der Waals surface area contributed by atoms with Gasteiger partial charge in [0.25, 0.3) is 0 Å². The fourth-order valence-corrected chi connectivity index (χ4v) is 3.79. The second-order valence-corrected chi connectivity index (χ2v) is 8.13. The summed E-state index contributed by atoms with van der Waals surface area (Å²) in [6.07, 6.45) is 14.0. The van der Waals surface area contributed by atoms with Gasteiger partial charge in [-0.2, -0.15) is 11.8 Å². The molecular formula is C18H38S. The SMILES string of the molecule is CCCCCCC(C)(CC)SCC(C)CCCCC. The number of thioether (sulfide) groups is 1. The quantitative estimate of drug-likeness (QED) is 0.326. The van der Waals surface area contributed by atoms with Gasteiger partial charge in [-0.15, -0.1) is 0 Å². The topological polar surface area (TPSA) is 0 Å². The van der Waals surface area contributed by atoms with Crippen molar-refractivity contribution in [3.8, 4) is 0 Å². The van der Waals surface area contributed by atoms with E-state index in [4.69, 9.17) is 0 Å². The van der Waals surface area contributed by atoms with Gasteiger partial charge in [-0.1, -0.05) is 79.6 Å². The molecule has 0 N–H and O–H groups in total. The van der Waals surface area contributed by atoms with Gasteiger partial charge in [0.1, 0.15) is 0 Å². The van der Waals surface area contributed by atoms with E-state index in [-0.39, 0.29) is 0 Å². The van der Waals surface area contributed by atoms with E-state index in [1.807, 2.05) is 0 Å². The van der Waals surface area contributed by atoms with Crippen LogP contribution in [0.3, 0.4) is 0 Å². The Bertz CT molecular complexity index is 190. The Morgan fingerprint density at radius 3 is 2.11 bits per heavy atom. The summed E-state index contributed by atoms with van der Waals surface area (Å²) in [6.45, 7) is 11.9. The maximum Gasteiger partial charge on any atom is 0.0129 e. The molecule has 0 spiro atoms. The van der Waals surface area contributed by atoms with Gasteiger partial charge in [-0.05, 0) is 30.9 Å². The third kappa shape index (κ3) is 10.8. The van der Waals surface area contributed by atoms with Crippen LogP contribution in [0, 0.1) is 5.92 Å². The monoisotopic (exact) mass is 286 g/mol. The van der Waals surface area contributed by atoms with Gasteiger partial charge < -0.3 is 0 Å². The van der Waals surface area contributed by atoms with E-state index in [1.165, 1.54) is 70.0 Å². The molecule has 0 aromatic rings. The highest BCUT2D eigenvalue weighted by atomic mass is 32.2. The smallest absolute Gasteiger partial charge is 0.0129 e. The molecule has 0 heterocycles. The van der Waals surface area contributed by atoms with Crippen LogP contribution in [0.4, 0.5) is 0 Å². The highest BCUT2D eigenvalue weighted by molar-refractivity contribution is 8.00. The average Bonchev–Trinajstić information content (AvgIpc) is 2.42. The molecule has 0 bridgehead atoms. The van der Waals surface area contributed by atoms with Gasteiger partial charge in [-0.3, -0.25) is 0 Å². The summed E-state index contributed by atoms with van der Waals surface area (Å²) in [7, 11) is 0. The summed E-state index contributed by atoms with van der Waals surface area (Å²) in [5.41, 5.74) is 0. The standard InChI is InChI=1S/C18H38S/c1-6-9-11-13-15-18(5,8-3)19-16-17(4)14-12-10-7-2/h17H,6-16H2,1-5H3. The summed E-state index contributed by atoms with van der Waals surface area (Å²) >= 11 is 2.25. The number of unbranched alkanes of at least 4 members (excludes halogenated alkanes) is 5. The van der Waals surface area contributed by atoms with Crippen molar-refractivity contribution < 1.29 is 0 Å². The number of hydrogen-bond acceptors (Lipinski definition) is 1. The molecule has 0 saturated carbocycles. The van der Waals surface area contributed by atoms with Gasteiger partial charge in [0.2, 0.25) is 0 Å². The second kappa shape index (κ2) is 12.1. The molecule has 19 heavy (non-hydrogen) atoms. The Kier molecular flexibility index (Phi) is 12.3. The summed E-state index contributed by atoms with van der Waals surface area (Å²) in [4.78, 5) is 0. The predicted octanol–water partition coefficient (Wildman–Crippen LogP) is 7.08. The van der Waals surface area contributed by atoms with Crippen LogP contribution in [-0.2, 0) is 0 Å². The molecule has 0 radical (unpaired) electrons. The molecule has 0 aliphatic heterocycles. The van der Waals surface area contributed by atoms with Gasteiger partial charge in [0.15, 0.2) is 0 Å². The minimum Gasteiger partial charge on any atom is -0.155 e. The maximum atomic E-state index is 2.49. The van der Waals surface area contributed by atoms with Crippen LogP contribution in [0.2, 0.25) is 0 Å². The minimum absolute atomic E-state index is 0.534. The molecule has 0 aromatic carbocycles. The molecule has 2 unspecified atom stereocenters. The van der Waals surface area contributed by atoms with E-state index in [0.717, 1.165) is 5.92 Å². The van der Waals surface area contributed by atoms with E-state index < -0.39 is 0 Å². The van der Waals surface area contributed by atoms with Gasteiger partial charge in [0.05, 0.1) is 0 Å². The van der Waals surface area contributed by atoms with Crippen molar-refractivity contribution in [3.63, 3.8) is 0 Å². The lowest BCUT2D eigenvalue weighted by atomic mass is 9.99. The van der Waals surface area contributed by atoms with Crippen LogP contribution in [0.5, 0.6) is 0 Å². The fourth-order valence-electron chi connectivity index (χ4n) is 2.45. The molecule has 0 fully saturated rings. The molecule has 0 aromatic heterocycles. The first-order valence-electron chi connectivity index (χ1n) is 8.72. The minimum atomic E-state index is 0.534. The highest BCUT2D eigenvalue weighted by Gasteiger charge is 2.22. The Hall–Kier alpha value is 0.350. The average molecular weight is 287 g/mol. The van der Waals surface area contributed by atoms with Crippen LogP contribution in [0.1, 0.15) is 98.8 Å². The largest absolute Gasteiger partial charge is 0.155 e. The summed E-state index contributed by atoms with van der Waals surface area (Å²) in [5, 5.41) is 0. The van der Waals surface area contributed by atoms with Crippen molar-refractivity contribution in [1.29, 1.82) is 0 Å². The highest BCUT2D eigenvalue weighted by Crippen LogP contribution is 2.35. The first-order chi connectivity index (χ1) is 9.08. The van der Waals surface area contributed by atoms with Crippen LogP contribution >= 0.6 is 11.8 Å². The third-order valence-electron chi connectivity index (χ3n) is 4.32. The summed E-state index contributed by atoms with van der Waals surface area (Å²) < 4.78 is 0.534. The molecule has 0 saturated heterocycles. The lowest BCUT2D eigenvalue weighted by molar-refractivity contribution is 0.508. The van der Waals surface area contributed by atoms with Gasteiger partial charge in [0, 0.05) is 4.75 Å². The molecule has 0 nitrogen and oxygen atoms in total. The lowest BCUT2D eigenvalue weighted by Gasteiger charge is -2.29. The van der Waals surface area contributed by atoms with E-state index in [2.05, 4.69) is 46.4 Å². The molecule has 0 amide bonds. The zero-order chi connectivity index (χ0) is 14.6. The molecule has 2 atom stereocenters. The van der Waals surface area contributed by atoms with Gasteiger partial charge >= 0.3 is 0 Å². The normalized spacial score (nSPS) is 16.3. The van der Waals surface area contributed by atoms with Crippen LogP contribution < -0.4 is 0 Å². The maximum absolute atomic E-state index is 2.49. The summed E-state index contributed by atoms with van der Waals surface area (Å²) in [5.74, 6) is 2.26. The molecule has 0 aliphatic carbocycles. The zero-order valence-electron chi connectivity index (χ0n) is 14.3. The predicted molar refractivity (Wildman–Crippen MR) is 93.2 cm³/mol. The fraction of sp³-hybridized carbons (Fsp3) is 1.00. The van der Waals surface area contributed by atoms with E-state index in [0.29, 0.717) is 4.75 Å². The molecular weight excluding hydrogens is 248 g/mol.